The molecule has 0 saturated heterocycles. The van der Waals surface area contributed by atoms with Crippen LogP contribution in [0.25, 0.3) is 0 Å². The number of aliphatic hydroxyl groups is 1. The molecule has 4 nitrogen and oxygen atoms in total. The molecule has 1 rings (SSSR count). The highest BCUT2D eigenvalue weighted by Gasteiger charge is 2.02. The second-order valence-corrected chi connectivity index (χ2v) is 3.12. The Morgan fingerprint density at radius 1 is 1.40 bits per heavy atom. The van der Waals surface area contributed by atoms with Gasteiger partial charge in [0, 0.05) is 18.7 Å². The number of rotatable bonds is 6. The lowest BCUT2D eigenvalue weighted by Crippen LogP contribution is -2.17. The maximum Gasteiger partial charge on any atom is 0.120 e. The van der Waals surface area contributed by atoms with Gasteiger partial charge in [-0.2, -0.15) is 0 Å². The number of aliphatic hydroxyl groups excluding tert-OH is 1. The van der Waals surface area contributed by atoms with Gasteiger partial charge >= 0.3 is 0 Å². The second kappa shape index (κ2) is 6.27. The summed E-state index contributed by atoms with van der Waals surface area (Å²) in [5, 5.41) is 21.1. The maximum atomic E-state index is 9.54. The molecule has 0 bridgehead atoms. The molecule has 0 saturated carbocycles. The average Bonchev–Trinajstić information content (AvgIpc) is 2.23. The molecule has 1 aromatic carbocycles. The van der Waals surface area contributed by atoms with Crippen molar-refractivity contribution in [2.75, 3.05) is 19.8 Å². The molecule has 0 heterocycles. The predicted octanol–water partition coefficient (Wildman–Crippen LogP) is 0.873. The molecule has 0 spiro atoms. The van der Waals surface area contributed by atoms with Gasteiger partial charge in [0.05, 0.1) is 13.2 Å². The Morgan fingerprint density at radius 2 is 2.20 bits per heavy atom. The molecule has 0 amide bonds. The van der Waals surface area contributed by atoms with Crippen molar-refractivity contribution >= 4 is 0 Å². The molecule has 0 fully saturated rings. The van der Waals surface area contributed by atoms with Gasteiger partial charge in [0.15, 0.2) is 0 Å². The van der Waals surface area contributed by atoms with E-state index in [4.69, 9.17) is 9.84 Å². The van der Waals surface area contributed by atoms with Crippen LogP contribution >= 0.6 is 0 Å². The molecular formula is C11H17NO3. The lowest BCUT2D eigenvalue weighted by Gasteiger charge is -2.08. The van der Waals surface area contributed by atoms with Crippen LogP contribution in [0.1, 0.15) is 12.5 Å². The van der Waals surface area contributed by atoms with Crippen molar-refractivity contribution in [3.63, 3.8) is 0 Å². The standard InChI is InChI=1S/C11H17NO3/c1-2-15-10-3-4-11(14)9(7-10)8-12-5-6-13/h3-4,7,12-14H,2,5-6,8H2,1H3. The van der Waals surface area contributed by atoms with Crippen molar-refractivity contribution in [2.45, 2.75) is 13.5 Å². The predicted molar refractivity (Wildman–Crippen MR) is 58.1 cm³/mol. The van der Waals surface area contributed by atoms with Crippen molar-refractivity contribution in [1.29, 1.82) is 0 Å². The zero-order valence-electron chi connectivity index (χ0n) is 8.86. The minimum Gasteiger partial charge on any atom is -0.508 e. The summed E-state index contributed by atoms with van der Waals surface area (Å²) in [7, 11) is 0. The van der Waals surface area contributed by atoms with Crippen molar-refractivity contribution in [3.8, 4) is 11.5 Å². The van der Waals surface area contributed by atoms with Gasteiger partial charge in [0.25, 0.3) is 0 Å². The highest BCUT2D eigenvalue weighted by Crippen LogP contribution is 2.22. The Kier molecular flexibility index (Phi) is 4.93. The first kappa shape index (κ1) is 11.8. The van der Waals surface area contributed by atoms with E-state index >= 15 is 0 Å². The first-order chi connectivity index (χ1) is 7.27. The first-order valence-corrected chi connectivity index (χ1v) is 5.04. The molecule has 0 unspecified atom stereocenters. The van der Waals surface area contributed by atoms with Crippen LogP contribution in [0.5, 0.6) is 11.5 Å². The molecular weight excluding hydrogens is 194 g/mol. The van der Waals surface area contributed by atoms with E-state index in [1.54, 1.807) is 18.2 Å². The Bertz CT molecular complexity index is 302. The zero-order valence-corrected chi connectivity index (χ0v) is 8.86. The summed E-state index contributed by atoms with van der Waals surface area (Å²) < 4.78 is 5.32. The van der Waals surface area contributed by atoms with Gasteiger partial charge in [-0.1, -0.05) is 0 Å². The Morgan fingerprint density at radius 3 is 2.87 bits per heavy atom. The molecule has 84 valence electrons. The van der Waals surface area contributed by atoms with Crippen LogP contribution in [0.3, 0.4) is 0 Å². The van der Waals surface area contributed by atoms with Crippen LogP contribution in [0.4, 0.5) is 0 Å². The van der Waals surface area contributed by atoms with E-state index < -0.39 is 0 Å². The number of phenolic OH excluding ortho intramolecular Hbond substituents is 1. The van der Waals surface area contributed by atoms with E-state index in [-0.39, 0.29) is 12.4 Å². The summed E-state index contributed by atoms with van der Waals surface area (Å²) in [5.41, 5.74) is 0.773. The van der Waals surface area contributed by atoms with E-state index in [1.165, 1.54) is 0 Å². The molecule has 0 aliphatic rings. The van der Waals surface area contributed by atoms with Crippen LogP contribution in [0.2, 0.25) is 0 Å². The molecule has 0 radical (unpaired) electrons. The second-order valence-electron chi connectivity index (χ2n) is 3.12. The van der Waals surface area contributed by atoms with Gasteiger partial charge in [0.2, 0.25) is 0 Å². The number of nitrogens with one attached hydrogen (secondary N) is 1. The highest BCUT2D eigenvalue weighted by atomic mass is 16.5. The summed E-state index contributed by atoms with van der Waals surface area (Å²) in [5.74, 6) is 0.986. The number of aromatic hydroxyl groups is 1. The molecule has 0 atom stereocenters. The smallest absolute Gasteiger partial charge is 0.120 e. The molecule has 0 aliphatic heterocycles. The van der Waals surface area contributed by atoms with Crippen molar-refractivity contribution in [3.05, 3.63) is 23.8 Å². The topological polar surface area (TPSA) is 61.7 Å². The largest absolute Gasteiger partial charge is 0.508 e. The summed E-state index contributed by atoms with van der Waals surface area (Å²) in [4.78, 5) is 0. The SMILES string of the molecule is CCOc1ccc(O)c(CNCCO)c1. The highest BCUT2D eigenvalue weighted by molar-refractivity contribution is 5.39. The molecule has 1 aromatic rings. The van der Waals surface area contributed by atoms with Crippen LogP contribution < -0.4 is 10.1 Å². The van der Waals surface area contributed by atoms with Crippen LogP contribution in [-0.4, -0.2) is 30.0 Å². The third-order valence-electron chi connectivity index (χ3n) is 1.97. The minimum absolute atomic E-state index is 0.0892. The van der Waals surface area contributed by atoms with Crippen molar-refractivity contribution in [2.24, 2.45) is 0 Å². The van der Waals surface area contributed by atoms with Gasteiger partial charge < -0.3 is 20.3 Å². The fourth-order valence-corrected chi connectivity index (χ4v) is 1.26. The maximum absolute atomic E-state index is 9.54. The van der Waals surface area contributed by atoms with Gasteiger partial charge in [-0.3, -0.25) is 0 Å². The van der Waals surface area contributed by atoms with Gasteiger partial charge in [-0.25, -0.2) is 0 Å². The number of hydrogen-bond acceptors (Lipinski definition) is 4. The monoisotopic (exact) mass is 211 g/mol. The van der Waals surface area contributed by atoms with Crippen molar-refractivity contribution < 1.29 is 14.9 Å². The van der Waals surface area contributed by atoms with Crippen LogP contribution in [0, 0.1) is 0 Å². The van der Waals surface area contributed by atoms with Crippen molar-refractivity contribution in [1.82, 2.24) is 5.32 Å². The van der Waals surface area contributed by atoms with Gasteiger partial charge in [-0.05, 0) is 25.1 Å². The quantitative estimate of drug-likeness (QED) is 0.611. The molecule has 4 heteroatoms. The first-order valence-electron chi connectivity index (χ1n) is 5.04. The Labute approximate surface area is 89.5 Å². The third-order valence-corrected chi connectivity index (χ3v) is 1.97. The lowest BCUT2D eigenvalue weighted by atomic mass is 10.2. The Balaban J connectivity index is 2.63. The molecule has 3 N–H and O–H groups in total. The number of phenols is 1. The van der Waals surface area contributed by atoms with Gasteiger partial charge in [0.1, 0.15) is 11.5 Å². The number of hydrogen-bond donors (Lipinski definition) is 3. The Hall–Kier alpha value is -1.26. The third kappa shape index (κ3) is 3.77. The summed E-state index contributed by atoms with van der Waals surface area (Å²) in [6.07, 6.45) is 0. The molecule has 15 heavy (non-hydrogen) atoms. The fraction of sp³-hybridized carbons (Fsp3) is 0.455. The average molecular weight is 211 g/mol. The van der Waals surface area contributed by atoms with Crippen LogP contribution in [0.15, 0.2) is 18.2 Å². The van der Waals surface area contributed by atoms with E-state index in [1.807, 2.05) is 6.92 Å². The summed E-state index contributed by atoms with van der Waals surface area (Å²) in [6, 6.07) is 5.14. The fourth-order valence-electron chi connectivity index (χ4n) is 1.26. The molecule has 0 aromatic heterocycles. The minimum atomic E-state index is 0.0892. The molecule has 0 aliphatic carbocycles. The number of benzene rings is 1. The van der Waals surface area contributed by atoms with Gasteiger partial charge in [-0.15, -0.1) is 0 Å². The summed E-state index contributed by atoms with van der Waals surface area (Å²) in [6.45, 7) is 3.64. The summed E-state index contributed by atoms with van der Waals surface area (Å²) >= 11 is 0. The number of ether oxygens (including phenoxy) is 1. The van der Waals surface area contributed by atoms with Crippen LogP contribution in [-0.2, 0) is 6.54 Å². The van der Waals surface area contributed by atoms with E-state index in [9.17, 15) is 5.11 Å². The van der Waals surface area contributed by atoms with E-state index in [0.29, 0.717) is 19.7 Å². The van der Waals surface area contributed by atoms with E-state index in [0.717, 1.165) is 11.3 Å². The van der Waals surface area contributed by atoms with E-state index in [2.05, 4.69) is 5.32 Å². The zero-order chi connectivity index (χ0) is 11.1. The normalized spacial score (nSPS) is 10.3. The lowest BCUT2D eigenvalue weighted by molar-refractivity contribution is 0.291.